The first-order chi connectivity index (χ1) is 8.61. The summed E-state index contributed by atoms with van der Waals surface area (Å²) in [4.78, 5) is 34.8. The van der Waals surface area contributed by atoms with Gasteiger partial charge in [-0.25, -0.2) is 4.68 Å². The molecule has 1 aliphatic heterocycles. The highest BCUT2D eigenvalue weighted by atomic mass is 16.2. The zero-order valence-electron chi connectivity index (χ0n) is 9.97. The summed E-state index contributed by atoms with van der Waals surface area (Å²) < 4.78 is 1.12. The van der Waals surface area contributed by atoms with Crippen LogP contribution in [0, 0.1) is 0 Å². The second-order valence-electron chi connectivity index (χ2n) is 4.10. The number of nitrogens with zero attached hydrogens (tertiary/aromatic N) is 2. The fourth-order valence-electron chi connectivity index (χ4n) is 1.89. The molecule has 1 saturated heterocycles. The second-order valence-corrected chi connectivity index (χ2v) is 4.10. The molecular weight excluding hydrogens is 236 g/mol. The van der Waals surface area contributed by atoms with Crippen LogP contribution in [0.2, 0.25) is 0 Å². The Morgan fingerprint density at radius 3 is 2.89 bits per heavy atom. The minimum Gasteiger partial charge on any atom is -0.387 e. The molecular formula is C11H14N4O3. The summed E-state index contributed by atoms with van der Waals surface area (Å²) in [5.74, 6) is -0.772. The average Bonchev–Trinajstić information content (AvgIpc) is 2.50. The van der Waals surface area contributed by atoms with Crippen LogP contribution in [0.3, 0.4) is 0 Å². The van der Waals surface area contributed by atoms with Gasteiger partial charge in [-0.15, -0.1) is 0 Å². The Morgan fingerprint density at radius 2 is 2.22 bits per heavy atom. The fourth-order valence-corrected chi connectivity index (χ4v) is 1.89. The summed E-state index contributed by atoms with van der Waals surface area (Å²) in [7, 11) is 1.68. The molecule has 2 amide bonds. The zero-order chi connectivity index (χ0) is 13.1. The van der Waals surface area contributed by atoms with Gasteiger partial charge in [-0.2, -0.15) is 5.10 Å². The van der Waals surface area contributed by atoms with Crippen molar-refractivity contribution in [1.29, 1.82) is 0 Å². The summed E-state index contributed by atoms with van der Waals surface area (Å²) >= 11 is 0. The standard InChI is InChI=1S/C11H14N4O3/c1-12-7-5-10(17)15(13-6-7)8-3-2-4-9(16)14-11(8)18/h5-6,8,12H,2-4H2,1H3,(H,14,16,18). The zero-order valence-corrected chi connectivity index (χ0v) is 9.97. The lowest BCUT2D eigenvalue weighted by molar-refractivity contribution is -0.131. The van der Waals surface area contributed by atoms with E-state index in [1.54, 1.807) is 7.05 Å². The van der Waals surface area contributed by atoms with Gasteiger partial charge in [0.2, 0.25) is 5.91 Å². The molecule has 18 heavy (non-hydrogen) atoms. The van der Waals surface area contributed by atoms with E-state index in [9.17, 15) is 14.4 Å². The molecule has 0 aliphatic carbocycles. The quantitative estimate of drug-likeness (QED) is 0.700. The van der Waals surface area contributed by atoms with Crippen molar-refractivity contribution in [2.24, 2.45) is 0 Å². The molecule has 96 valence electrons. The Hall–Kier alpha value is -2.18. The Morgan fingerprint density at radius 1 is 1.44 bits per heavy atom. The molecule has 2 rings (SSSR count). The van der Waals surface area contributed by atoms with Gasteiger partial charge in [0.25, 0.3) is 11.5 Å². The van der Waals surface area contributed by atoms with Gasteiger partial charge in [-0.3, -0.25) is 19.7 Å². The molecule has 0 aromatic carbocycles. The average molecular weight is 250 g/mol. The number of imide groups is 1. The van der Waals surface area contributed by atoms with Gasteiger partial charge < -0.3 is 5.32 Å². The van der Waals surface area contributed by atoms with Crippen LogP contribution in [-0.4, -0.2) is 28.6 Å². The number of anilines is 1. The molecule has 1 unspecified atom stereocenters. The molecule has 1 fully saturated rings. The van der Waals surface area contributed by atoms with Crippen molar-refractivity contribution >= 4 is 17.5 Å². The maximum atomic E-state index is 11.8. The van der Waals surface area contributed by atoms with Gasteiger partial charge in [0.15, 0.2) is 0 Å². The van der Waals surface area contributed by atoms with Crippen LogP contribution in [0.5, 0.6) is 0 Å². The number of nitrogens with one attached hydrogen (secondary N) is 2. The molecule has 0 bridgehead atoms. The monoisotopic (exact) mass is 250 g/mol. The second kappa shape index (κ2) is 4.99. The smallest absolute Gasteiger partial charge is 0.269 e. The Kier molecular flexibility index (Phi) is 3.40. The Labute approximate surface area is 103 Å². The molecule has 7 heteroatoms. The highest BCUT2D eigenvalue weighted by molar-refractivity contribution is 5.97. The summed E-state index contributed by atoms with van der Waals surface area (Å²) in [6.45, 7) is 0. The molecule has 2 heterocycles. The fraction of sp³-hybridized carbons (Fsp3) is 0.455. The van der Waals surface area contributed by atoms with Crippen LogP contribution < -0.4 is 16.2 Å². The van der Waals surface area contributed by atoms with Crippen LogP contribution in [0.4, 0.5) is 5.69 Å². The van der Waals surface area contributed by atoms with Gasteiger partial charge >= 0.3 is 0 Å². The molecule has 0 spiro atoms. The minimum absolute atomic E-state index is 0.297. The van der Waals surface area contributed by atoms with Crippen molar-refractivity contribution in [2.75, 3.05) is 12.4 Å². The summed E-state index contributed by atoms with van der Waals surface area (Å²) in [5, 5.41) is 9.01. The minimum atomic E-state index is -0.713. The molecule has 2 N–H and O–H groups in total. The van der Waals surface area contributed by atoms with Gasteiger partial charge in [-0.05, 0) is 12.8 Å². The molecule has 0 saturated carbocycles. The van der Waals surface area contributed by atoms with Crippen molar-refractivity contribution in [3.8, 4) is 0 Å². The van der Waals surface area contributed by atoms with E-state index in [2.05, 4.69) is 15.7 Å². The normalized spacial score (nSPS) is 20.2. The third-order valence-corrected chi connectivity index (χ3v) is 2.86. The lowest BCUT2D eigenvalue weighted by Crippen LogP contribution is -2.38. The molecule has 1 aromatic rings. The van der Waals surface area contributed by atoms with Gasteiger partial charge in [0.05, 0.1) is 11.9 Å². The molecule has 1 atom stereocenters. The van der Waals surface area contributed by atoms with E-state index in [0.29, 0.717) is 24.9 Å². The molecule has 7 nitrogen and oxygen atoms in total. The first-order valence-corrected chi connectivity index (χ1v) is 5.72. The highest BCUT2D eigenvalue weighted by Crippen LogP contribution is 2.16. The van der Waals surface area contributed by atoms with Crippen molar-refractivity contribution in [3.05, 3.63) is 22.6 Å². The van der Waals surface area contributed by atoms with E-state index >= 15 is 0 Å². The van der Waals surface area contributed by atoms with Crippen molar-refractivity contribution in [1.82, 2.24) is 15.1 Å². The van der Waals surface area contributed by atoms with Gasteiger partial charge in [0, 0.05) is 19.5 Å². The van der Waals surface area contributed by atoms with Gasteiger partial charge in [-0.1, -0.05) is 0 Å². The molecule has 1 aromatic heterocycles. The maximum absolute atomic E-state index is 11.8. The van der Waals surface area contributed by atoms with E-state index in [1.165, 1.54) is 12.3 Å². The number of hydrogen-bond acceptors (Lipinski definition) is 5. The van der Waals surface area contributed by atoms with Crippen LogP contribution in [0.15, 0.2) is 17.1 Å². The van der Waals surface area contributed by atoms with Crippen LogP contribution in [0.25, 0.3) is 0 Å². The van der Waals surface area contributed by atoms with Crippen molar-refractivity contribution < 1.29 is 9.59 Å². The number of rotatable bonds is 2. The number of carbonyl (C=O) groups excluding carboxylic acids is 2. The predicted molar refractivity (Wildman–Crippen MR) is 64.1 cm³/mol. The lowest BCUT2D eigenvalue weighted by atomic mass is 10.1. The summed E-state index contributed by atoms with van der Waals surface area (Å²) in [5.41, 5.74) is 0.220. The highest BCUT2D eigenvalue weighted by Gasteiger charge is 2.27. The number of hydrogen-bond donors (Lipinski definition) is 2. The largest absolute Gasteiger partial charge is 0.387 e. The number of amides is 2. The number of carbonyl (C=O) groups is 2. The van der Waals surface area contributed by atoms with E-state index in [-0.39, 0.29) is 11.5 Å². The van der Waals surface area contributed by atoms with E-state index in [4.69, 9.17) is 0 Å². The summed E-state index contributed by atoms with van der Waals surface area (Å²) in [6, 6.07) is 0.655. The van der Waals surface area contributed by atoms with Crippen LogP contribution in [-0.2, 0) is 9.59 Å². The van der Waals surface area contributed by atoms with E-state index in [0.717, 1.165) is 4.68 Å². The molecule has 1 aliphatic rings. The first kappa shape index (κ1) is 12.3. The maximum Gasteiger partial charge on any atom is 0.269 e. The van der Waals surface area contributed by atoms with E-state index < -0.39 is 11.9 Å². The Bertz CT molecular complexity index is 537. The lowest BCUT2D eigenvalue weighted by Gasteiger charge is -2.14. The SMILES string of the molecule is CNc1cnn(C2CCCC(=O)NC2=O)c(=O)c1. The first-order valence-electron chi connectivity index (χ1n) is 5.72. The van der Waals surface area contributed by atoms with Crippen molar-refractivity contribution in [2.45, 2.75) is 25.3 Å². The van der Waals surface area contributed by atoms with Gasteiger partial charge in [0.1, 0.15) is 6.04 Å². The number of aromatic nitrogens is 2. The summed E-state index contributed by atoms with van der Waals surface area (Å²) in [6.07, 6.45) is 2.76. The van der Waals surface area contributed by atoms with Crippen molar-refractivity contribution in [3.63, 3.8) is 0 Å². The van der Waals surface area contributed by atoms with Crippen LogP contribution >= 0.6 is 0 Å². The third kappa shape index (κ3) is 2.39. The van der Waals surface area contributed by atoms with E-state index in [1.807, 2.05) is 0 Å². The topological polar surface area (TPSA) is 93.1 Å². The van der Waals surface area contributed by atoms with Crippen LogP contribution in [0.1, 0.15) is 25.3 Å². The third-order valence-electron chi connectivity index (χ3n) is 2.86. The molecule has 0 radical (unpaired) electrons. The Balaban J connectivity index is 2.33. The predicted octanol–water partition coefficient (Wildman–Crippen LogP) is -0.347.